The van der Waals surface area contributed by atoms with Crippen LogP contribution in [0.5, 0.6) is 5.88 Å². The summed E-state index contributed by atoms with van der Waals surface area (Å²) in [7, 11) is 0. The molecule has 2 rings (SSSR count). The molecule has 0 atom stereocenters. The second-order valence-electron chi connectivity index (χ2n) is 2.56. The van der Waals surface area contributed by atoms with Crippen molar-refractivity contribution in [3.63, 3.8) is 0 Å². The van der Waals surface area contributed by atoms with Crippen molar-refractivity contribution < 1.29 is 5.11 Å². The number of hydrogen-bond donors (Lipinski definition) is 1. The molecule has 2 aromatic rings. The van der Waals surface area contributed by atoms with Crippen LogP contribution in [0, 0.1) is 0 Å². The van der Waals surface area contributed by atoms with Crippen molar-refractivity contribution in [2.75, 3.05) is 0 Å². The number of nitrogens with zero attached hydrogens (tertiary/aromatic N) is 3. The molecule has 12 heavy (non-hydrogen) atoms. The van der Waals surface area contributed by atoms with Crippen LogP contribution in [-0.2, 0) is 6.42 Å². The van der Waals surface area contributed by atoms with Gasteiger partial charge in [0.05, 0.1) is 6.20 Å². The van der Waals surface area contributed by atoms with E-state index in [-0.39, 0.29) is 5.88 Å². The summed E-state index contributed by atoms with van der Waals surface area (Å²) >= 11 is 0. The van der Waals surface area contributed by atoms with Crippen molar-refractivity contribution in [1.29, 1.82) is 0 Å². The van der Waals surface area contributed by atoms with E-state index in [9.17, 15) is 5.11 Å². The Morgan fingerprint density at radius 2 is 2.42 bits per heavy atom. The topological polar surface area (TPSA) is 50.4 Å². The van der Waals surface area contributed by atoms with Gasteiger partial charge in [-0.1, -0.05) is 6.92 Å². The lowest BCUT2D eigenvalue weighted by atomic mass is 10.2. The molecular weight excluding hydrogens is 154 g/mol. The molecule has 0 aromatic carbocycles. The third kappa shape index (κ3) is 0.845. The quantitative estimate of drug-likeness (QED) is 0.682. The fourth-order valence-corrected chi connectivity index (χ4v) is 1.14. The molecule has 0 aliphatic rings. The molecule has 0 fully saturated rings. The minimum absolute atomic E-state index is 0.188. The molecule has 4 nitrogen and oxygen atoms in total. The van der Waals surface area contributed by atoms with Crippen LogP contribution in [0.25, 0.3) is 5.65 Å². The number of aromatic hydroxyl groups is 1. The third-order valence-electron chi connectivity index (χ3n) is 1.84. The van der Waals surface area contributed by atoms with Gasteiger partial charge in [-0.2, -0.15) is 9.61 Å². The molecule has 0 saturated carbocycles. The lowest BCUT2D eigenvalue weighted by molar-refractivity contribution is 0.428. The minimum atomic E-state index is 0.188. The highest BCUT2D eigenvalue weighted by Crippen LogP contribution is 2.16. The summed E-state index contributed by atoms with van der Waals surface area (Å²) in [5, 5.41) is 13.5. The molecule has 0 amide bonds. The lowest BCUT2D eigenvalue weighted by Crippen LogP contribution is -1.95. The second-order valence-corrected chi connectivity index (χ2v) is 2.56. The summed E-state index contributed by atoms with van der Waals surface area (Å²) in [4.78, 5) is 4.11. The number of aryl methyl sites for hydroxylation is 1. The maximum absolute atomic E-state index is 9.60. The smallest absolute Gasteiger partial charge is 0.218 e. The van der Waals surface area contributed by atoms with Gasteiger partial charge in [0.2, 0.25) is 5.88 Å². The van der Waals surface area contributed by atoms with Crippen LogP contribution in [0.4, 0.5) is 0 Å². The number of aromatic nitrogens is 3. The first-order chi connectivity index (χ1) is 5.83. The molecule has 0 bridgehead atoms. The van der Waals surface area contributed by atoms with Gasteiger partial charge in [-0.05, 0) is 6.42 Å². The van der Waals surface area contributed by atoms with Crippen LogP contribution in [0.2, 0.25) is 0 Å². The van der Waals surface area contributed by atoms with Gasteiger partial charge < -0.3 is 5.11 Å². The predicted molar refractivity (Wildman–Crippen MR) is 44.0 cm³/mol. The Balaban J connectivity index is 2.78. The third-order valence-corrected chi connectivity index (χ3v) is 1.84. The minimum Gasteiger partial charge on any atom is -0.493 e. The van der Waals surface area contributed by atoms with Crippen LogP contribution >= 0.6 is 0 Å². The van der Waals surface area contributed by atoms with Gasteiger partial charge in [0.15, 0.2) is 5.65 Å². The van der Waals surface area contributed by atoms with Gasteiger partial charge in [0, 0.05) is 17.8 Å². The summed E-state index contributed by atoms with van der Waals surface area (Å²) in [6.45, 7) is 1.96. The van der Waals surface area contributed by atoms with Gasteiger partial charge in [-0.3, -0.25) is 0 Å². The fraction of sp³-hybridized carbons (Fsp3) is 0.250. The van der Waals surface area contributed by atoms with Crippen molar-refractivity contribution in [3.05, 3.63) is 24.0 Å². The lowest BCUT2D eigenvalue weighted by Gasteiger charge is -2.01. The first-order valence-corrected chi connectivity index (χ1v) is 3.83. The number of hydrogen-bond acceptors (Lipinski definition) is 3. The van der Waals surface area contributed by atoms with E-state index in [1.54, 1.807) is 18.5 Å². The van der Waals surface area contributed by atoms with Crippen molar-refractivity contribution in [2.45, 2.75) is 13.3 Å². The van der Waals surface area contributed by atoms with Gasteiger partial charge in [0.25, 0.3) is 0 Å². The normalized spacial score (nSPS) is 10.8. The molecule has 0 saturated heterocycles. The van der Waals surface area contributed by atoms with E-state index in [1.807, 2.05) is 6.92 Å². The molecule has 0 radical (unpaired) electrons. The Labute approximate surface area is 69.5 Å². The average Bonchev–Trinajstić information content (AvgIpc) is 2.53. The Hall–Kier alpha value is -1.58. The van der Waals surface area contributed by atoms with Crippen LogP contribution in [0.15, 0.2) is 18.5 Å². The van der Waals surface area contributed by atoms with Crippen molar-refractivity contribution in [2.24, 2.45) is 0 Å². The van der Waals surface area contributed by atoms with Gasteiger partial charge in [-0.15, -0.1) is 0 Å². The predicted octanol–water partition coefficient (Wildman–Crippen LogP) is 0.997. The number of fused-ring (bicyclic) bond motifs is 1. The van der Waals surface area contributed by atoms with Gasteiger partial charge in [0.1, 0.15) is 0 Å². The largest absolute Gasteiger partial charge is 0.493 e. The number of rotatable bonds is 1. The van der Waals surface area contributed by atoms with Crippen LogP contribution < -0.4 is 0 Å². The maximum Gasteiger partial charge on any atom is 0.218 e. The highest BCUT2D eigenvalue weighted by atomic mass is 16.3. The van der Waals surface area contributed by atoms with Crippen LogP contribution in [0.1, 0.15) is 12.5 Å². The first-order valence-electron chi connectivity index (χ1n) is 3.83. The molecule has 0 aliphatic carbocycles. The average molecular weight is 163 g/mol. The van der Waals surface area contributed by atoms with E-state index in [1.165, 1.54) is 4.52 Å². The van der Waals surface area contributed by atoms with E-state index < -0.39 is 0 Å². The van der Waals surface area contributed by atoms with Gasteiger partial charge >= 0.3 is 0 Å². The van der Waals surface area contributed by atoms with E-state index >= 15 is 0 Å². The summed E-state index contributed by atoms with van der Waals surface area (Å²) in [6.07, 6.45) is 4.04. The Bertz CT molecular complexity index is 408. The zero-order chi connectivity index (χ0) is 8.55. The summed E-state index contributed by atoms with van der Waals surface area (Å²) in [5.41, 5.74) is 1.48. The summed E-state index contributed by atoms with van der Waals surface area (Å²) < 4.78 is 1.43. The Morgan fingerprint density at radius 1 is 1.58 bits per heavy atom. The van der Waals surface area contributed by atoms with Gasteiger partial charge in [-0.25, -0.2) is 4.98 Å². The van der Waals surface area contributed by atoms with E-state index in [0.717, 1.165) is 12.0 Å². The molecule has 62 valence electrons. The zero-order valence-electron chi connectivity index (χ0n) is 6.73. The second kappa shape index (κ2) is 2.48. The Kier molecular flexibility index (Phi) is 1.46. The van der Waals surface area contributed by atoms with Crippen LogP contribution in [0.3, 0.4) is 0 Å². The Morgan fingerprint density at radius 3 is 3.17 bits per heavy atom. The molecule has 1 N–H and O–H groups in total. The van der Waals surface area contributed by atoms with E-state index in [2.05, 4.69) is 10.1 Å². The van der Waals surface area contributed by atoms with E-state index in [4.69, 9.17) is 0 Å². The van der Waals surface area contributed by atoms with Crippen LogP contribution in [-0.4, -0.2) is 19.7 Å². The molecule has 0 aliphatic heterocycles. The molecular formula is C8H9N3O. The fourth-order valence-electron chi connectivity index (χ4n) is 1.14. The molecule has 0 unspecified atom stereocenters. The summed E-state index contributed by atoms with van der Waals surface area (Å²) in [6, 6.07) is 1.75. The van der Waals surface area contributed by atoms with Crippen molar-refractivity contribution in [1.82, 2.24) is 14.6 Å². The van der Waals surface area contributed by atoms with Crippen molar-refractivity contribution >= 4 is 5.65 Å². The van der Waals surface area contributed by atoms with E-state index in [0.29, 0.717) is 5.65 Å². The first kappa shape index (κ1) is 7.09. The summed E-state index contributed by atoms with van der Waals surface area (Å²) in [5.74, 6) is 0.188. The highest BCUT2D eigenvalue weighted by molar-refractivity contribution is 5.41. The standard InChI is InChI=1S/C8H9N3O/c1-2-6-5-9-7-3-4-10-11(7)8(6)12/h3-5,12H,2H2,1H3. The highest BCUT2D eigenvalue weighted by Gasteiger charge is 2.04. The molecule has 2 aromatic heterocycles. The monoisotopic (exact) mass is 163 g/mol. The maximum atomic E-state index is 9.60. The zero-order valence-corrected chi connectivity index (χ0v) is 6.73. The molecule has 0 spiro atoms. The molecule has 4 heteroatoms. The van der Waals surface area contributed by atoms with Crippen molar-refractivity contribution in [3.8, 4) is 5.88 Å². The SMILES string of the molecule is CCc1cnc2ccnn2c1O. The molecule has 2 heterocycles.